The molecule has 1 heterocycles. The average Bonchev–Trinajstić information content (AvgIpc) is 3.20. The zero-order valence-electron chi connectivity index (χ0n) is 11.7. The predicted molar refractivity (Wildman–Crippen MR) is 78.5 cm³/mol. The molecule has 0 aromatic heterocycles. The molecule has 1 aromatic carbocycles. The van der Waals surface area contributed by atoms with Crippen LogP contribution >= 0.6 is 0 Å². The van der Waals surface area contributed by atoms with Gasteiger partial charge in [-0.2, -0.15) is 0 Å². The fourth-order valence-electron chi connectivity index (χ4n) is 2.91. The molecule has 2 N–H and O–H groups in total. The summed E-state index contributed by atoms with van der Waals surface area (Å²) in [6.45, 7) is 5.00. The van der Waals surface area contributed by atoms with E-state index in [4.69, 9.17) is 0 Å². The van der Waals surface area contributed by atoms with Crippen LogP contribution in [0.4, 0.5) is 5.69 Å². The van der Waals surface area contributed by atoms with Crippen LogP contribution in [-0.2, 0) is 6.54 Å². The van der Waals surface area contributed by atoms with Crippen LogP contribution in [0.1, 0.15) is 36.8 Å². The van der Waals surface area contributed by atoms with Gasteiger partial charge in [-0.1, -0.05) is 12.1 Å². The summed E-state index contributed by atoms with van der Waals surface area (Å²) in [5, 5.41) is 13.3. The quantitative estimate of drug-likeness (QED) is 0.871. The van der Waals surface area contributed by atoms with Crippen LogP contribution in [0.3, 0.4) is 0 Å². The molecule has 0 spiro atoms. The van der Waals surface area contributed by atoms with E-state index in [9.17, 15) is 5.11 Å². The summed E-state index contributed by atoms with van der Waals surface area (Å²) in [6.07, 6.45) is 4.54. The molecule has 1 atom stereocenters. The SMILES string of the molecule is Cc1cc(CNC2CC2)ccc1N1CCCC(O)C1. The first-order valence-corrected chi connectivity index (χ1v) is 7.48. The molecule has 3 nitrogen and oxygen atoms in total. The van der Waals surface area contributed by atoms with Gasteiger partial charge in [-0.3, -0.25) is 0 Å². The van der Waals surface area contributed by atoms with Crippen LogP contribution < -0.4 is 10.2 Å². The number of anilines is 1. The Labute approximate surface area is 115 Å². The van der Waals surface area contributed by atoms with Crippen molar-refractivity contribution in [3.8, 4) is 0 Å². The topological polar surface area (TPSA) is 35.5 Å². The van der Waals surface area contributed by atoms with Crippen LogP contribution in [0, 0.1) is 6.92 Å². The fraction of sp³-hybridized carbons (Fsp3) is 0.625. The van der Waals surface area contributed by atoms with Gasteiger partial charge in [0.25, 0.3) is 0 Å². The minimum absolute atomic E-state index is 0.163. The van der Waals surface area contributed by atoms with Crippen molar-refractivity contribution < 1.29 is 5.11 Å². The molecule has 2 fully saturated rings. The standard InChI is InChI=1S/C16H24N2O/c1-12-9-13(10-17-14-5-6-14)4-7-16(12)18-8-2-3-15(19)11-18/h4,7,9,14-15,17,19H,2-3,5-6,8,10-11H2,1H3. The molecule has 0 amide bonds. The number of nitrogens with one attached hydrogen (secondary N) is 1. The van der Waals surface area contributed by atoms with Gasteiger partial charge in [0.2, 0.25) is 0 Å². The van der Waals surface area contributed by atoms with Crippen LogP contribution in [0.25, 0.3) is 0 Å². The Balaban J connectivity index is 1.67. The van der Waals surface area contributed by atoms with Crippen molar-refractivity contribution >= 4 is 5.69 Å². The number of piperidine rings is 1. The lowest BCUT2D eigenvalue weighted by Gasteiger charge is -2.33. The molecule has 1 aliphatic heterocycles. The fourth-order valence-corrected chi connectivity index (χ4v) is 2.91. The van der Waals surface area contributed by atoms with Crippen LogP contribution in [0.15, 0.2) is 18.2 Å². The van der Waals surface area contributed by atoms with Gasteiger partial charge in [-0.05, 0) is 49.8 Å². The molecule has 19 heavy (non-hydrogen) atoms. The lowest BCUT2D eigenvalue weighted by molar-refractivity contribution is 0.154. The first kappa shape index (κ1) is 12.9. The summed E-state index contributed by atoms with van der Waals surface area (Å²) in [6, 6.07) is 7.49. The number of hydrogen-bond acceptors (Lipinski definition) is 3. The van der Waals surface area contributed by atoms with Gasteiger partial charge in [0.1, 0.15) is 0 Å². The Morgan fingerprint density at radius 1 is 1.32 bits per heavy atom. The van der Waals surface area contributed by atoms with Crippen molar-refractivity contribution in [2.24, 2.45) is 0 Å². The van der Waals surface area contributed by atoms with Crippen molar-refractivity contribution in [3.63, 3.8) is 0 Å². The molecular formula is C16H24N2O. The Morgan fingerprint density at radius 2 is 2.16 bits per heavy atom. The summed E-state index contributed by atoms with van der Waals surface area (Å²) >= 11 is 0. The highest BCUT2D eigenvalue weighted by molar-refractivity contribution is 5.54. The average molecular weight is 260 g/mol. The molecule has 3 heteroatoms. The summed E-state index contributed by atoms with van der Waals surface area (Å²) in [4.78, 5) is 2.32. The second kappa shape index (κ2) is 5.51. The van der Waals surface area contributed by atoms with Gasteiger partial charge < -0.3 is 15.3 Å². The molecule has 1 saturated carbocycles. The zero-order chi connectivity index (χ0) is 13.2. The number of aryl methyl sites for hydroxylation is 1. The summed E-state index contributed by atoms with van der Waals surface area (Å²) in [5.74, 6) is 0. The molecule has 104 valence electrons. The number of nitrogens with zero attached hydrogens (tertiary/aromatic N) is 1. The van der Waals surface area contributed by atoms with Gasteiger partial charge in [0.15, 0.2) is 0 Å². The maximum atomic E-state index is 9.79. The van der Waals surface area contributed by atoms with Crippen LogP contribution in [0.2, 0.25) is 0 Å². The minimum atomic E-state index is -0.163. The number of benzene rings is 1. The second-order valence-corrected chi connectivity index (χ2v) is 6.02. The minimum Gasteiger partial charge on any atom is -0.391 e. The van der Waals surface area contributed by atoms with E-state index in [-0.39, 0.29) is 6.10 Å². The number of aliphatic hydroxyl groups is 1. The van der Waals surface area contributed by atoms with Gasteiger partial charge in [0, 0.05) is 31.4 Å². The Morgan fingerprint density at radius 3 is 2.84 bits per heavy atom. The van der Waals surface area contributed by atoms with Crippen molar-refractivity contribution in [2.75, 3.05) is 18.0 Å². The smallest absolute Gasteiger partial charge is 0.0715 e. The van der Waals surface area contributed by atoms with Gasteiger partial charge in [-0.25, -0.2) is 0 Å². The number of hydrogen-bond donors (Lipinski definition) is 2. The van der Waals surface area contributed by atoms with E-state index in [2.05, 4.69) is 35.3 Å². The Bertz CT molecular complexity index is 442. The predicted octanol–water partition coefficient (Wildman–Crippen LogP) is 2.21. The summed E-state index contributed by atoms with van der Waals surface area (Å²) in [7, 11) is 0. The number of rotatable bonds is 4. The molecule has 1 aliphatic carbocycles. The third-order valence-corrected chi connectivity index (χ3v) is 4.17. The largest absolute Gasteiger partial charge is 0.391 e. The summed E-state index contributed by atoms with van der Waals surface area (Å²) < 4.78 is 0. The molecule has 2 aliphatic rings. The molecule has 0 radical (unpaired) electrons. The first-order valence-electron chi connectivity index (χ1n) is 7.48. The summed E-state index contributed by atoms with van der Waals surface area (Å²) in [5.41, 5.74) is 3.98. The molecule has 0 bridgehead atoms. The first-order chi connectivity index (χ1) is 9.22. The monoisotopic (exact) mass is 260 g/mol. The Hall–Kier alpha value is -1.06. The van der Waals surface area contributed by atoms with E-state index in [0.29, 0.717) is 0 Å². The van der Waals surface area contributed by atoms with E-state index < -0.39 is 0 Å². The second-order valence-electron chi connectivity index (χ2n) is 6.02. The van der Waals surface area contributed by atoms with Gasteiger partial charge in [-0.15, -0.1) is 0 Å². The van der Waals surface area contributed by atoms with Gasteiger partial charge >= 0.3 is 0 Å². The molecular weight excluding hydrogens is 236 g/mol. The lowest BCUT2D eigenvalue weighted by Crippen LogP contribution is -2.38. The molecule has 3 rings (SSSR count). The maximum Gasteiger partial charge on any atom is 0.0715 e. The maximum absolute atomic E-state index is 9.79. The third kappa shape index (κ3) is 3.28. The highest BCUT2D eigenvalue weighted by Crippen LogP contribution is 2.25. The molecule has 1 aromatic rings. The highest BCUT2D eigenvalue weighted by Gasteiger charge is 2.21. The number of β-amino-alcohol motifs (C(OH)–C–C–N with tert-alkyl or cyclic N) is 1. The van der Waals surface area contributed by atoms with E-state index in [1.165, 1.54) is 29.7 Å². The van der Waals surface area contributed by atoms with E-state index >= 15 is 0 Å². The van der Waals surface area contributed by atoms with E-state index in [0.717, 1.165) is 38.5 Å². The van der Waals surface area contributed by atoms with E-state index in [1.807, 2.05) is 0 Å². The van der Waals surface area contributed by atoms with Crippen molar-refractivity contribution in [1.82, 2.24) is 5.32 Å². The van der Waals surface area contributed by atoms with Crippen LogP contribution in [-0.4, -0.2) is 30.3 Å². The number of aliphatic hydroxyl groups excluding tert-OH is 1. The molecule has 1 saturated heterocycles. The molecule has 1 unspecified atom stereocenters. The zero-order valence-corrected chi connectivity index (χ0v) is 11.7. The Kier molecular flexibility index (Phi) is 3.76. The van der Waals surface area contributed by atoms with Crippen molar-refractivity contribution in [2.45, 2.75) is 51.3 Å². The van der Waals surface area contributed by atoms with E-state index in [1.54, 1.807) is 0 Å². The van der Waals surface area contributed by atoms with Crippen molar-refractivity contribution in [1.29, 1.82) is 0 Å². The highest BCUT2D eigenvalue weighted by atomic mass is 16.3. The third-order valence-electron chi connectivity index (χ3n) is 4.17. The van der Waals surface area contributed by atoms with Crippen molar-refractivity contribution in [3.05, 3.63) is 29.3 Å². The normalized spacial score (nSPS) is 23.7. The van der Waals surface area contributed by atoms with Gasteiger partial charge in [0.05, 0.1) is 6.10 Å². The lowest BCUT2D eigenvalue weighted by atomic mass is 10.0. The van der Waals surface area contributed by atoms with Crippen LogP contribution in [0.5, 0.6) is 0 Å².